The molecule has 2 rings (SSSR count). The number of rotatable bonds is 2. The van der Waals surface area contributed by atoms with Gasteiger partial charge in [-0.05, 0) is 19.0 Å². The molecule has 0 N–H and O–H groups in total. The van der Waals surface area contributed by atoms with E-state index < -0.39 is 0 Å². The van der Waals surface area contributed by atoms with Crippen LogP contribution in [0.1, 0.15) is 12.5 Å². The Bertz CT molecular complexity index is 377. The zero-order chi connectivity index (χ0) is 12.3. The van der Waals surface area contributed by atoms with Gasteiger partial charge in [0.25, 0.3) is 0 Å². The molecule has 0 unspecified atom stereocenters. The summed E-state index contributed by atoms with van der Waals surface area (Å²) in [7, 11) is 2.12. The van der Waals surface area contributed by atoms with Crippen LogP contribution < -0.4 is 0 Å². The normalized spacial score (nSPS) is 21.5. The third-order valence-electron chi connectivity index (χ3n) is 3.40. The van der Waals surface area contributed by atoms with Crippen LogP contribution in [0.3, 0.4) is 0 Å². The zero-order valence-electron chi connectivity index (χ0n) is 10.6. The van der Waals surface area contributed by atoms with E-state index >= 15 is 0 Å². The van der Waals surface area contributed by atoms with Crippen LogP contribution in [0.5, 0.6) is 0 Å². The average molecular weight is 232 g/mol. The van der Waals surface area contributed by atoms with E-state index in [9.17, 15) is 4.79 Å². The van der Waals surface area contributed by atoms with Gasteiger partial charge in [0.2, 0.25) is 5.91 Å². The van der Waals surface area contributed by atoms with Gasteiger partial charge < -0.3 is 9.80 Å². The van der Waals surface area contributed by atoms with Gasteiger partial charge in [0.15, 0.2) is 0 Å². The SMILES string of the molecule is CC(=O)N1CCN(C)C[C@@H]1Cc1ccccc1. The topological polar surface area (TPSA) is 23.6 Å². The van der Waals surface area contributed by atoms with Gasteiger partial charge in [-0.15, -0.1) is 0 Å². The fourth-order valence-electron chi connectivity index (χ4n) is 2.49. The second-order valence-electron chi connectivity index (χ2n) is 4.82. The quantitative estimate of drug-likeness (QED) is 0.769. The van der Waals surface area contributed by atoms with E-state index in [1.807, 2.05) is 11.0 Å². The summed E-state index contributed by atoms with van der Waals surface area (Å²) in [5.41, 5.74) is 1.30. The van der Waals surface area contributed by atoms with Crippen LogP contribution in [0.2, 0.25) is 0 Å². The van der Waals surface area contributed by atoms with Crippen molar-refractivity contribution in [3.05, 3.63) is 35.9 Å². The minimum absolute atomic E-state index is 0.194. The molecule has 1 atom stereocenters. The third-order valence-corrected chi connectivity index (χ3v) is 3.40. The molecule has 0 aromatic heterocycles. The van der Waals surface area contributed by atoms with Crippen LogP contribution in [0.15, 0.2) is 30.3 Å². The Balaban J connectivity index is 2.08. The first-order valence-corrected chi connectivity index (χ1v) is 6.16. The van der Waals surface area contributed by atoms with Crippen LogP contribution in [0.25, 0.3) is 0 Å². The molecule has 1 saturated heterocycles. The van der Waals surface area contributed by atoms with E-state index in [1.54, 1.807) is 6.92 Å². The molecule has 3 heteroatoms. The number of nitrogens with zero attached hydrogens (tertiary/aromatic N) is 2. The molecule has 1 aromatic carbocycles. The average Bonchev–Trinajstić information content (AvgIpc) is 2.30. The summed E-state index contributed by atoms with van der Waals surface area (Å²) in [5.74, 6) is 0.194. The van der Waals surface area contributed by atoms with Gasteiger partial charge in [-0.25, -0.2) is 0 Å². The number of hydrogen-bond acceptors (Lipinski definition) is 2. The highest BCUT2D eigenvalue weighted by atomic mass is 16.2. The number of carbonyl (C=O) groups is 1. The Morgan fingerprint density at radius 2 is 2.00 bits per heavy atom. The predicted octanol–water partition coefficient (Wildman–Crippen LogP) is 1.39. The number of piperazine rings is 1. The second kappa shape index (κ2) is 5.32. The number of likely N-dealkylation sites (N-methyl/N-ethyl adjacent to an activating group) is 1. The Kier molecular flexibility index (Phi) is 3.79. The molecule has 0 bridgehead atoms. The molecule has 1 fully saturated rings. The van der Waals surface area contributed by atoms with Crippen molar-refractivity contribution in [2.45, 2.75) is 19.4 Å². The van der Waals surface area contributed by atoms with E-state index in [0.717, 1.165) is 26.1 Å². The molecule has 0 aliphatic carbocycles. The smallest absolute Gasteiger partial charge is 0.219 e. The second-order valence-corrected chi connectivity index (χ2v) is 4.82. The van der Waals surface area contributed by atoms with E-state index in [4.69, 9.17) is 0 Å². The molecule has 1 aliphatic rings. The number of amides is 1. The van der Waals surface area contributed by atoms with Gasteiger partial charge in [-0.3, -0.25) is 4.79 Å². The minimum Gasteiger partial charge on any atom is -0.337 e. The first-order valence-electron chi connectivity index (χ1n) is 6.16. The summed E-state index contributed by atoms with van der Waals surface area (Å²) in [6.45, 7) is 4.46. The van der Waals surface area contributed by atoms with E-state index in [0.29, 0.717) is 6.04 Å². The molecular formula is C14H20N2O. The maximum atomic E-state index is 11.6. The lowest BCUT2D eigenvalue weighted by Crippen LogP contribution is -2.54. The highest BCUT2D eigenvalue weighted by Gasteiger charge is 2.26. The molecule has 1 aliphatic heterocycles. The first-order chi connectivity index (χ1) is 8.16. The van der Waals surface area contributed by atoms with Gasteiger partial charge in [-0.1, -0.05) is 30.3 Å². The van der Waals surface area contributed by atoms with Gasteiger partial charge >= 0.3 is 0 Å². The summed E-state index contributed by atoms with van der Waals surface area (Å²) >= 11 is 0. The maximum Gasteiger partial charge on any atom is 0.219 e. The van der Waals surface area contributed by atoms with Crippen molar-refractivity contribution in [2.75, 3.05) is 26.7 Å². The number of benzene rings is 1. The number of carbonyl (C=O) groups excluding carboxylic acids is 1. The predicted molar refractivity (Wildman–Crippen MR) is 68.8 cm³/mol. The van der Waals surface area contributed by atoms with E-state index in [-0.39, 0.29) is 5.91 Å². The van der Waals surface area contributed by atoms with E-state index in [1.165, 1.54) is 5.56 Å². The molecule has 0 radical (unpaired) electrons. The van der Waals surface area contributed by atoms with Crippen molar-refractivity contribution in [2.24, 2.45) is 0 Å². The Morgan fingerprint density at radius 3 is 2.65 bits per heavy atom. The summed E-state index contributed by atoms with van der Waals surface area (Å²) in [6.07, 6.45) is 0.949. The molecular weight excluding hydrogens is 212 g/mol. The highest BCUT2D eigenvalue weighted by Crippen LogP contribution is 2.14. The van der Waals surface area contributed by atoms with E-state index in [2.05, 4.69) is 36.2 Å². The molecule has 0 saturated carbocycles. The first kappa shape index (κ1) is 12.1. The van der Waals surface area contributed by atoms with Crippen LogP contribution in [0, 0.1) is 0 Å². The van der Waals surface area contributed by atoms with Crippen molar-refractivity contribution in [3.8, 4) is 0 Å². The van der Waals surface area contributed by atoms with Crippen LogP contribution in [0.4, 0.5) is 0 Å². The zero-order valence-corrected chi connectivity index (χ0v) is 10.6. The lowest BCUT2D eigenvalue weighted by Gasteiger charge is -2.39. The lowest BCUT2D eigenvalue weighted by molar-refractivity contribution is -0.133. The summed E-state index contributed by atoms with van der Waals surface area (Å²) in [5, 5.41) is 0. The number of hydrogen-bond donors (Lipinski definition) is 0. The van der Waals surface area contributed by atoms with Crippen molar-refractivity contribution < 1.29 is 4.79 Å². The summed E-state index contributed by atoms with van der Waals surface area (Å²) in [4.78, 5) is 15.9. The van der Waals surface area contributed by atoms with Crippen molar-refractivity contribution in [1.82, 2.24) is 9.80 Å². The Hall–Kier alpha value is -1.35. The molecule has 1 heterocycles. The minimum atomic E-state index is 0.194. The molecule has 1 aromatic rings. The van der Waals surface area contributed by atoms with Gasteiger partial charge in [-0.2, -0.15) is 0 Å². The van der Waals surface area contributed by atoms with Crippen LogP contribution in [-0.4, -0.2) is 48.4 Å². The Morgan fingerprint density at radius 1 is 1.29 bits per heavy atom. The van der Waals surface area contributed by atoms with Crippen LogP contribution >= 0.6 is 0 Å². The fourth-order valence-corrected chi connectivity index (χ4v) is 2.49. The molecule has 0 spiro atoms. The summed E-state index contributed by atoms with van der Waals surface area (Å²) < 4.78 is 0. The lowest BCUT2D eigenvalue weighted by atomic mass is 10.0. The molecule has 3 nitrogen and oxygen atoms in total. The third kappa shape index (κ3) is 3.07. The van der Waals surface area contributed by atoms with Crippen molar-refractivity contribution in [1.29, 1.82) is 0 Å². The van der Waals surface area contributed by atoms with Gasteiger partial charge in [0.1, 0.15) is 0 Å². The summed E-state index contributed by atoms with van der Waals surface area (Å²) in [6, 6.07) is 10.7. The molecule has 1 amide bonds. The largest absolute Gasteiger partial charge is 0.337 e. The maximum absolute atomic E-state index is 11.6. The van der Waals surface area contributed by atoms with Gasteiger partial charge in [0.05, 0.1) is 0 Å². The standard InChI is InChI=1S/C14H20N2O/c1-12(17)16-9-8-15(2)11-14(16)10-13-6-4-3-5-7-13/h3-7,14H,8-11H2,1-2H3/t14-/m0/s1. The monoisotopic (exact) mass is 232 g/mol. The Labute approximate surface area is 103 Å². The van der Waals surface area contributed by atoms with Crippen LogP contribution in [-0.2, 0) is 11.2 Å². The van der Waals surface area contributed by atoms with Gasteiger partial charge in [0, 0.05) is 32.6 Å². The molecule has 17 heavy (non-hydrogen) atoms. The fraction of sp³-hybridized carbons (Fsp3) is 0.500. The molecule has 92 valence electrons. The van der Waals surface area contributed by atoms with Crippen molar-refractivity contribution in [3.63, 3.8) is 0 Å². The highest BCUT2D eigenvalue weighted by molar-refractivity contribution is 5.73. The van der Waals surface area contributed by atoms with Crippen molar-refractivity contribution >= 4 is 5.91 Å².